The normalized spacial score (nSPS) is 19.3. The zero-order chi connectivity index (χ0) is 24.2. The molecular formula is C27H24N4O3S. The number of carbonyl (C=O) groups excluding carboxylic acids is 2. The minimum Gasteiger partial charge on any atom is -0.496 e. The van der Waals surface area contributed by atoms with Crippen LogP contribution in [-0.4, -0.2) is 40.1 Å². The number of aliphatic imine (C=N–C) groups is 1. The first-order valence-corrected chi connectivity index (χ1v) is 12.2. The zero-order valence-corrected chi connectivity index (χ0v) is 19.9. The summed E-state index contributed by atoms with van der Waals surface area (Å²) in [6.07, 6.45) is 0.672. The fraction of sp³-hybridized carbons (Fsp3) is 0.185. The summed E-state index contributed by atoms with van der Waals surface area (Å²) in [5, 5.41) is 9.42. The molecule has 0 spiro atoms. The van der Waals surface area contributed by atoms with Crippen LogP contribution in [0, 0.1) is 0 Å². The van der Waals surface area contributed by atoms with E-state index in [9.17, 15) is 9.59 Å². The van der Waals surface area contributed by atoms with Gasteiger partial charge in [0.25, 0.3) is 5.91 Å². The van der Waals surface area contributed by atoms with Crippen molar-refractivity contribution >= 4 is 40.1 Å². The molecule has 2 amide bonds. The van der Waals surface area contributed by atoms with Gasteiger partial charge in [0.1, 0.15) is 11.0 Å². The topological polar surface area (TPSA) is 83.4 Å². The summed E-state index contributed by atoms with van der Waals surface area (Å²) < 4.78 is 5.62. The van der Waals surface area contributed by atoms with Gasteiger partial charge in [-0.05, 0) is 23.8 Å². The van der Waals surface area contributed by atoms with E-state index in [1.54, 1.807) is 12.1 Å². The Morgan fingerprint density at radius 1 is 1.03 bits per heavy atom. The molecule has 3 aromatic rings. The van der Waals surface area contributed by atoms with Crippen LogP contribution < -0.4 is 10.1 Å². The highest BCUT2D eigenvalue weighted by atomic mass is 32.2. The summed E-state index contributed by atoms with van der Waals surface area (Å²) in [4.78, 5) is 29.6. The van der Waals surface area contributed by atoms with E-state index in [1.807, 2.05) is 84.9 Å². The molecule has 2 atom stereocenters. The molecule has 5 rings (SSSR count). The van der Waals surface area contributed by atoms with Crippen molar-refractivity contribution in [2.75, 3.05) is 12.4 Å². The number of thioether (sulfide) groups is 1. The summed E-state index contributed by atoms with van der Waals surface area (Å²) in [5.74, 6) is 0.200. The maximum absolute atomic E-state index is 12.8. The van der Waals surface area contributed by atoms with Gasteiger partial charge in [0.2, 0.25) is 5.91 Å². The van der Waals surface area contributed by atoms with Crippen molar-refractivity contribution < 1.29 is 14.3 Å². The van der Waals surface area contributed by atoms with Crippen LogP contribution in [-0.2, 0) is 9.59 Å². The van der Waals surface area contributed by atoms with Gasteiger partial charge in [-0.2, -0.15) is 10.1 Å². The Morgan fingerprint density at radius 3 is 2.46 bits per heavy atom. The van der Waals surface area contributed by atoms with E-state index in [2.05, 4.69) is 10.3 Å². The number of amidine groups is 1. The SMILES string of the molecule is COc1ccccc1[C@H]1CC(c2ccccc2)=NN1C1=NC(=O)[C@H](CC(=O)Nc2ccccc2)S1. The molecule has 2 aliphatic heterocycles. The van der Waals surface area contributed by atoms with E-state index < -0.39 is 5.25 Å². The van der Waals surface area contributed by atoms with Crippen molar-refractivity contribution in [1.82, 2.24) is 5.01 Å². The van der Waals surface area contributed by atoms with Crippen molar-refractivity contribution in [3.63, 3.8) is 0 Å². The molecule has 0 radical (unpaired) electrons. The van der Waals surface area contributed by atoms with Crippen LogP contribution in [0.4, 0.5) is 5.69 Å². The van der Waals surface area contributed by atoms with Crippen molar-refractivity contribution in [2.24, 2.45) is 10.1 Å². The summed E-state index contributed by atoms with van der Waals surface area (Å²) in [5.41, 5.74) is 3.58. The van der Waals surface area contributed by atoms with Crippen LogP contribution in [0.3, 0.4) is 0 Å². The predicted molar refractivity (Wildman–Crippen MR) is 139 cm³/mol. The number of benzene rings is 3. The lowest BCUT2D eigenvalue weighted by molar-refractivity contribution is -0.121. The van der Waals surface area contributed by atoms with Crippen molar-refractivity contribution in [1.29, 1.82) is 0 Å². The van der Waals surface area contributed by atoms with Gasteiger partial charge in [-0.1, -0.05) is 78.5 Å². The molecule has 2 heterocycles. The second kappa shape index (κ2) is 10.1. The first-order valence-electron chi connectivity index (χ1n) is 11.3. The zero-order valence-electron chi connectivity index (χ0n) is 19.1. The van der Waals surface area contributed by atoms with Gasteiger partial charge in [-0.25, -0.2) is 5.01 Å². The Kier molecular flexibility index (Phi) is 6.63. The standard InChI is InChI=1S/C27H24N4O3S/c1-34-23-15-9-8-14-20(23)22-16-21(18-10-4-2-5-11-18)30-31(22)27-29-26(33)24(35-27)17-25(32)28-19-12-6-3-7-13-19/h2-15,22,24H,16-17H2,1H3,(H,28,32)/t22-,24+/m1/s1. The molecule has 0 aromatic heterocycles. The maximum atomic E-state index is 12.8. The molecule has 0 fully saturated rings. The number of hydrazone groups is 1. The number of amides is 2. The lowest BCUT2D eigenvalue weighted by Gasteiger charge is -2.24. The summed E-state index contributed by atoms with van der Waals surface area (Å²) in [7, 11) is 1.64. The third-order valence-corrected chi connectivity index (χ3v) is 7.01. The first kappa shape index (κ1) is 22.9. The van der Waals surface area contributed by atoms with E-state index in [0.717, 1.165) is 22.6 Å². The van der Waals surface area contributed by atoms with Gasteiger partial charge in [0.15, 0.2) is 5.17 Å². The van der Waals surface area contributed by atoms with E-state index in [4.69, 9.17) is 9.84 Å². The number of anilines is 1. The lowest BCUT2D eigenvalue weighted by Crippen LogP contribution is -2.25. The first-order chi connectivity index (χ1) is 17.1. The quantitative estimate of drug-likeness (QED) is 0.540. The number of nitrogens with one attached hydrogen (secondary N) is 1. The highest BCUT2D eigenvalue weighted by Crippen LogP contribution is 2.41. The van der Waals surface area contributed by atoms with Crippen molar-refractivity contribution in [3.05, 3.63) is 96.1 Å². The number of ether oxygens (including phenoxy) is 1. The Hall–Kier alpha value is -3.91. The fourth-order valence-corrected chi connectivity index (χ4v) is 5.24. The van der Waals surface area contributed by atoms with Crippen LogP contribution >= 0.6 is 11.8 Å². The molecule has 176 valence electrons. The lowest BCUT2D eigenvalue weighted by atomic mass is 9.98. The van der Waals surface area contributed by atoms with Crippen LogP contribution in [0.5, 0.6) is 5.75 Å². The van der Waals surface area contributed by atoms with Gasteiger partial charge < -0.3 is 10.1 Å². The van der Waals surface area contributed by atoms with Crippen LogP contribution in [0.25, 0.3) is 0 Å². The number of rotatable bonds is 6. The molecule has 7 nitrogen and oxygen atoms in total. The second-order valence-electron chi connectivity index (χ2n) is 8.18. The van der Waals surface area contributed by atoms with Crippen LogP contribution in [0.2, 0.25) is 0 Å². The van der Waals surface area contributed by atoms with Crippen molar-refractivity contribution in [2.45, 2.75) is 24.1 Å². The number of carbonyl (C=O) groups is 2. The van der Waals surface area contributed by atoms with E-state index >= 15 is 0 Å². The minimum absolute atomic E-state index is 0.0355. The highest BCUT2D eigenvalue weighted by molar-refractivity contribution is 8.15. The van der Waals surface area contributed by atoms with Gasteiger partial charge in [-0.15, -0.1) is 0 Å². The van der Waals surface area contributed by atoms with E-state index in [1.165, 1.54) is 11.8 Å². The van der Waals surface area contributed by atoms with E-state index in [-0.39, 0.29) is 24.3 Å². The number of hydrogen-bond acceptors (Lipinski definition) is 6. The van der Waals surface area contributed by atoms with Gasteiger partial charge in [0, 0.05) is 24.1 Å². The Balaban J connectivity index is 1.38. The molecule has 0 saturated carbocycles. The summed E-state index contributed by atoms with van der Waals surface area (Å²) >= 11 is 1.28. The Bertz CT molecular complexity index is 1290. The predicted octanol–water partition coefficient (Wildman–Crippen LogP) is 4.87. The third-order valence-electron chi connectivity index (χ3n) is 5.87. The number of nitrogens with zero attached hydrogens (tertiary/aromatic N) is 3. The van der Waals surface area contributed by atoms with E-state index in [0.29, 0.717) is 17.3 Å². The number of hydrogen-bond donors (Lipinski definition) is 1. The maximum Gasteiger partial charge on any atom is 0.262 e. The second-order valence-corrected chi connectivity index (χ2v) is 9.35. The molecule has 0 saturated heterocycles. The fourth-order valence-electron chi connectivity index (χ4n) is 4.18. The largest absolute Gasteiger partial charge is 0.496 e. The van der Waals surface area contributed by atoms with Crippen LogP contribution in [0.1, 0.15) is 30.0 Å². The average molecular weight is 485 g/mol. The molecule has 0 aliphatic carbocycles. The van der Waals surface area contributed by atoms with Crippen LogP contribution in [0.15, 0.2) is 95.0 Å². The monoisotopic (exact) mass is 484 g/mol. The Morgan fingerprint density at radius 2 is 1.71 bits per heavy atom. The van der Waals surface area contributed by atoms with Gasteiger partial charge in [0.05, 0.1) is 18.9 Å². The number of methoxy groups -OCH3 is 1. The highest BCUT2D eigenvalue weighted by Gasteiger charge is 2.40. The van der Waals surface area contributed by atoms with Gasteiger partial charge in [-0.3, -0.25) is 9.59 Å². The molecule has 1 N–H and O–H groups in total. The Labute approximate surface area is 207 Å². The molecule has 35 heavy (non-hydrogen) atoms. The summed E-state index contributed by atoms with van der Waals surface area (Å²) in [6, 6.07) is 26.8. The molecule has 0 bridgehead atoms. The van der Waals surface area contributed by atoms with Gasteiger partial charge >= 0.3 is 0 Å². The average Bonchev–Trinajstić information content (AvgIpc) is 3.49. The minimum atomic E-state index is -0.594. The van der Waals surface area contributed by atoms with Crippen molar-refractivity contribution in [3.8, 4) is 5.75 Å². The molecule has 3 aromatic carbocycles. The molecule has 8 heteroatoms. The molecular weight excluding hydrogens is 460 g/mol. The smallest absolute Gasteiger partial charge is 0.262 e. The molecule has 0 unspecified atom stereocenters. The number of para-hydroxylation sites is 2. The molecule has 2 aliphatic rings. The third kappa shape index (κ3) is 4.97. The summed E-state index contributed by atoms with van der Waals surface area (Å²) in [6.45, 7) is 0.